The van der Waals surface area contributed by atoms with E-state index in [-0.39, 0.29) is 18.5 Å². The second kappa shape index (κ2) is 9.77. The second-order valence-corrected chi connectivity index (χ2v) is 10.3. The fourth-order valence-electron chi connectivity index (χ4n) is 3.73. The predicted molar refractivity (Wildman–Crippen MR) is 132 cm³/mol. The Morgan fingerprint density at radius 2 is 1.62 bits per heavy atom. The summed E-state index contributed by atoms with van der Waals surface area (Å²) in [6.07, 6.45) is 1.18. The number of nitrogens with zero attached hydrogens (tertiary/aromatic N) is 1. The molecule has 0 spiro atoms. The Labute approximate surface area is 200 Å². The fourth-order valence-corrected chi connectivity index (χ4v) is 4.62. The lowest BCUT2D eigenvalue weighted by Gasteiger charge is -2.23. The third kappa shape index (κ3) is 5.51. The highest BCUT2D eigenvalue weighted by Crippen LogP contribution is 2.32. The van der Waals surface area contributed by atoms with Gasteiger partial charge in [0.15, 0.2) is 11.5 Å². The van der Waals surface area contributed by atoms with Gasteiger partial charge in [0.25, 0.3) is 5.91 Å². The van der Waals surface area contributed by atoms with Crippen molar-refractivity contribution in [3.8, 4) is 11.5 Å². The van der Waals surface area contributed by atoms with Crippen LogP contribution < -0.4 is 19.1 Å². The SMILES string of the molecule is Cc1ccc(CN(c2ccc(C(=O)NC(C)c3ccc4c(c3)OCCO4)cc2)S(C)(=O)=O)cc1. The number of hydrogen-bond acceptors (Lipinski definition) is 5. The highest BCUT2D eigenvalue weighted by atomic mass is 32.2. The van der Waals surface area contributed by atoms with Crippen molar-refractivity contribution in [1.82, 2.24) is 5.32 Å². The third-order valence-corrected chi connectivity index (χ3v) is 6.82. The number of anilines is 1. The number of aryl methyl sites for hydroxylation is 1. The number of benzene rings is 3. The Hall–Kier alpha value is -3.52. The third-order valence-electron chi connectivity index (χ3n) is 5.68. The first-order chi connectivity index (χ1) is 16.2. The van der Waals surface area contributed by atoms with Crippen LogP contribution in [0.2, 0.25) is 0 Å². The molecule has 1 aliphatic heterocycles. The molecule has 8 heteroatoms. The Morgan fingerprint density at radius 3 is 2.26 bits per heavy atom. The van der Waals surface area contributed by atoms with E-state index in [4.69, 9.17) is 9.47 Å². The molecular weight excluding hydrogens is 452 g/mol. The van der Waals surface area contributed by atoms with Crippen LogP contribution in [0.15, 0.2) is 66.7 Å². The van der Waals surface area contributed by atoms with Crippen LogP contribution in [0.4, 0.5) is 5.69 Å². The number of ether oxygens (including phenoxy) is 2. The molecule has 1 aliphatic rings. The molecule has 7 nitrogen and oxygen atoms in total. The topological polar surface area (TPSA) is 84.9 Å². The van der Waals surface area contributed by atoms with Gasteiger partial charge >= 0.3 is 0 Å². The Balaban J connectivity index is 1.47. The first kappa shape index (κ1) is 23.6. The van der Waals surface area contributed by atoms with Gasteiger partial charge in [0.2, 0.25) is 10.0 Å². The van der Waals surface area contributed by atoms with Crippen molar-refractivity contribution in [3.63, 3.8) is 0 Å². The predicted octanol–water partition coefficient (Wildman–Crippen LogP) is 4.22. The molecule has 0 aliphatic carbocycles. The minimum Gasteiger partial charge on any atom is -0.486 e. The van der Waals surface area contributed by atoms with E-state index in [1.165, 1.54) is 10.6 Å². The summed E-state index contributed by atoms with van der Waals surface area (Å²) in [5.74, 6) is 1.12. The van der Waals surface area contributed by atoms with Gasteiger partial charge in [-0.25, -0.2) is 8.42 Å². The Bertz CT molecular complexity index is 1270. The van der Waals surface area contributed by atoms with Crippen LogP contribution in [0.1, 0.15) is 40.0 Å². The Morgan fingerprint density at radius 1 is 0.971 bits per heavy atom. The van der Waals surface area contributed by atoms with Gasteiger partial charge in [0.05, 0.1) is 24.5 Å². The lowest BCUT2D eigenvalue weighted by molar-refractivity contribution is 0.0939. The number of carbonyl (C=O) groups excluding carboxylic acids is 1. The standard InChI is InChI=1S/C26H28N2O5S/c1-18-4-6-20(7-5-18)17-28(34(3,30)31)23-11-8-21(9-12-23)26(29)27-19(2)22-10-13-24-25(16-22)33-15-14-32-24/h4-13,16,19H,14-15,17H2,1-3H3,(H,27,29). The monoisotopic (exact) mass is 480 g/mol. The van der Waals surface area contributed by atoms with Gasteiger partial charge in [-0.1, -0.05) is 35.9 Å². The van der Waals surface area contributed by atoms with E-state index < -0.39 is 10.0 Å². The zero-order chi connectivity index (χ0) is 24.3. The normalized spacial score (nSPS) is 13.7. The minimum atomic E-state index is -3.51. The van der Waals surface area contributed by atoms with Crippen molar-refractivity contribution in [3.05, 3.63) is 89.0 Å². The maximum Gasteiger partial charge on any atom is 0.251 e. The number of fused-ring (bicyclic) bond motifs is 1. The Kier molecular flexibility index (Phi) is 6.79. The van der Waals surface area contributed by atoms with E-state index in [0.29, 0.717) is 36.0 Å². The number of sulfonamides is 1. The average molecular weight is 481 g/mol. The smallest absolute Gasteiger partial charge is 0.251 e. The zero-order valence-electron chi connectivity index (χ0n) is 19.4. The van der Waals surface area contributed by atoms with E-state index in [9.17, 15) is 13.2 Å². The average Bonchev–Trinajstić information content (AvgIpc) is 2.82. The molecule has 3 aromatic carbocycles. The van der Waals surface area contributed by atoms with Crippen LogP contribution in [-0.2, 0) is 16.6 Å². The van der Waals surface area contributed by atoms with Gasteiger partial charge in [-0.2, -0.15) is 0 Å². The highest BCUT2D eigenvalue weighted by molar-refractivity contribution is 7.92. The summed E-state index contributed by atoms with van der Waals surface area (Å²) in [7, 11) is -3.51. The first-order valence-corrected chi connectivity index (χ1v) is 12.9. The lowest BCUT2D eigenvalue weighted by Crippen LogP contribution is -2.29. The summed E-state index contributed by atoms with van der Waals surface area (Å²) in [6.45, 7) is 5.11. The molecule has 0 fully saturated rings. The first-order valence-electron chi connectivity index (χ1n) is 11.0. The summed E-state index contributed by atoms with van der Waals surface area (Å²) in [4.78, 5) is 12.8. The van der Waals surface area contributed by atoms with Crippen molar-refractivity contribution >= 4 is 21.6 Å². The molecule has 4 rings (SSSR count). The molecule has 1 N–H and O–H groups in total. The molecule has 0 radical (unpaired) electrons. The van der Waals surface area contributed by atoms with Crippen LogP contribution in [0.5, 0.6) is 11.5 Å². The number of nitrogens with one attached hydrogen (secondary N) is 1. The quantitative estimate of drug-likeness (QED) is 0.547. The second-order valence-electron chi connectivity index (χ2n) is 8.40. The van der Waals surface area contributed by atoms with E-state index >= 15 is 0 Å². The highest BCUT2D eigenvalue weighted by Gasteiger charge is 2.20. The summed E-state index contributed by atoms with van der Waals surface area (Å²) < 4.78 is 37.4. The van der Waals surface area contributed by atoms with Gasteiger partial charge in [0.1, 0.15) is 13.2 Å². The summed E-state index contributed by atoms with van der Waals surface area (Å²) >= 11 is 0. The van der Waals surface area contributed by atoms with Crippen molar-refractivity contribution in [2.45, 2.75) is 26.4 Å². The van der Waals surface area contributed by atoms with Crippen molar-refractivity contribution in [2.75, 3.05) is 23.8 Å². The number of hydrogen-bond donors (Lipinski definition) is 1. The van der Waals surface area contributed by atoms with Gasteiger partial charge in [-0.3, -0.25) is 9.10 Å². The summed E-state index contributed by atoms with van der Waals surface area (Å²) in [5, 5.41) is 2.98. The zero-order valence-corrected chi connectivity index (χ0v) is 20.3. The van der Waals surface area contributed by atoms with E-state index in [2.05, 4.69) is 5.32 Å². The van der Waals surface area contributed by atoms with Crippen LogP contribution in [0.3, 0.4) is 0 Å². The number of rotatable bonds is 7. The molecular formula is C26H28N2O5S. The van der Waals surface area contributed by atoms with E-state index in [1.54, 1.807) is 24.3 Å². The molecule has 0 saturated carbocycles. The summed E-state index contributed by atoms with van der Waals surface area (Å²) in [6, 6.07) is 19.7. The molecule has 1 heterocycles. The lowest BCUT2D eigenvalue weighted by atomic mass is 10.1. The largest absolute Gasteiger partial charge is 0.486 e. The van der Waals surface area contributed by atoms with Crippen LogP contribution in [0, 0.1) is 6.92 Å². The van der Waals surface area contributed by atoms with Crippen molar-refractivity contribution in [2.24, 2.45) is 0 Å². The van der Waals surface area contributed by atoms with Gasteiger partial charge in [0, 0.05) is 5.56 Å². The molecule has 0 saturated heterocycles. The van der Waals surface area contributed by atoms with Crippen molar-refractivity contribution < 1.29 is 22.7 Å². The minimum absolute atomic E-state index is 0.214. The van der Waals surface area contributed by atoms with Gasteiger partial charge in [-0.15, -0.1) is 0 Å². The van der Waals surface area contributed by atoms with E-state index in [0.717, 1.165) is 16.7 Å². The number of carbonyl (C=O) groups is 1. The summed E-state index contributed by atoms with van der Waals surface area (Å²) in [5.41, 5.74) is 3.83. The fraction of sp³-hybridized carbons (Fsp3) is 0.269. The molecule has 1 amide bonds. The molecule has 1 unspecified atom stereocenters. The maximum absolute atomic E-state index is 12.8. The number of amides is 1. The molecule has 3 aromatic rings. The molecule has 34 heavy (non-hydrogen) atoms. The molecule has 1 atom stereocenters. The molecule has 0 bridgehead atoms. The van der Waals surface area contributed by atoms with Crippen LogP contribution >= 0.6 is 0 Å². The van der Waals surface area contributed by atoms with Gasteiger partial charge in [-0.05, 0) is 61.4 Å². The van der Waals surface area contributed by atoms with Crippen LogP contribution in [0.25, 0.3) is 0 Å². The molecule has 178 valence electrons. The van der Waals surface area contributed by atoms with Crippen molar-refractivity contribution in [1.29, 1.82) is 0 Å². The van der Waals surface area contributed by atoms with Crippen LogP contribution in [-0.4, -0.2) is 33.8 Å². The molecule has 0 aromatic heterocycles. The maximum atomic E-state index is 12.8. The van der Waals surface area contributed by atoms with Gasteiger partial charge < -0.3 is 14.8 Å². The van der Waals surface area contributed by atoms with E-state index in [1.807, 2.05) is 56.3 Å².